The summed E-state index contributed by atoms with van der Waals surface area (Å²) in [7, 11) is 0. The van der Waals surface area contributed by atoms with Gasteiger partial charge in [0.2, 0.25) is 0 Å². The molecule has 0 spiro atoms. The van der Waals surface area contributed by atoms with Crippen molar-refractivity contribution in [3.63, 3.8) is 0 Å². The van der Waals surface area contributed by atoms with Crippen LogP contribution >= 0.6 is 0 Å². The van der Waals surface area contributed by atoms with E-state index in [9.17, 15) is 0 Å². The SMILES string of the molecule is CC(C)(C)c1ccc2c(c1)B1c3ccc(N(c4ccccc4)c4ccccc4)cc3N(c3ccccc3)c3cc(C(C)(C)C)cc(c31)N2c1ccc2c(c1)C(C)(C)c1cc(C(C)(C)C)ccc1-2. The first-order chi connectivity index (χ1) is 31.9. The Morgan fingerprint density at radius 3 is 1.48 bits per heavy atom. The molecule has 8 aromatic carbocycles. The Bertz CT molecular complexity index is 3180. The number of anilines is 9. The van der Waals surface area contributed by atoms with Gasteiger partial charge in [-0.15, -0.1) is 0 Å². The summed E-state index contributed by atoms with van der Waals surface area (Å²) in [5.74, 6) is 0. The van der Waals surface area contributed by atoms with Crippen molar-refractivity contribution in [2.24, 2.45) is 0 Å². The van der Waals surface area contributed by atoms with E-state index in [2.05, 4.69) is 267 Å². The van der Waals surface area contributed by atoms with Crippen LogP contribution in [-0.2, 0) is 21.7 Å². The number of hydrogen-bond donors (Lipinski definition) is 0. The van der Waals surface area contributed by atoms with E-state index < -0.39 is 0 Å². The Kier molecular flexibility index (Phi) is 9.67. The minimum Gasteiger partial charge on any atom is -0.311 e. The van der Waals surface area contributed by atoms with Crippen LogP contribution in [0.15, 0.2) is 176 Å². The summed E-state index contributed by atoms with van der Waals surface area (Å²) in [4.78, 5) is 7.56. The van der Waals surface area contributed by atoms with Crippen LogP contribution in [0.2, 0.25) is 0 Å². The second-order valence-corrected chi connectivity index (χ2v) is 22.8. The molecule has 11 rings (SSSR count). The first kappa shape index (κ1) is 42.8. The highest BCUT2D eigenvalue weighted by Gasteiger charge is 2.45. The summed E-state index contributed by atoms with van der Waals surface area (Å²) in [6.45, 7) is 25.9. The summed E-state index contributed by atoms with van der Waals surface area (Å²) in [6.07, 6.45) is 0. The van der Waals surface area contributed by atoms with Gasteiger partial charge in [0.1, 0.15) is 0 Å². The molecule has 4 heteroatoms. The van der Waals surface area contributed by atoms with E-state index in [0.717, 1.165) is 22.7 Å². The van der Waals surface area contributed by atoms with Crippen LogP contribution in [0.1, 0.15) is 104 Å². The molecule has 0 unspecified atom stereocenters. The van der Waals surface area contributed by atoms with Gasteiger partial charge in [-0.1, -0.05) is 173 Å². The minimum atomic E-state index is -0.167. The predicted octanol–water partition coefficient (Wildman–Crippen LogP) is 15.4. The first-order valence-electron chi connectivity index (χ1n) is 24.2. The molecule has 0 bridgehead atoms. The summed E-state index contributed by atoms with van der Waals surface area (Å²) in [6, 6.07) is 66.7. The van der Waals surface area contributed by atoms with Crippen molar-refractivity contribution in [2.45, 2.75) is 97.8 Å². The molecule has 2 heterocycles. The zero-order chi connectivity index (χ0) is 46.8. The molecule has 0 saturated heterocycles. The summed E-state index contributed by atoms with van der Waals surface area (Å²) >= 11 is 0. The normalized spacial score (nSPS) is 14.5. The lowest BCUT2D eigenvalue weighted by molar-refractivity contribution is 0.584. The standard InChI is InChI=1S/C63H62BN3/c1-60(2,3)41-27-31-49-50-32-29-47(39-52(50)63(10,11)51(49)35-41)67-55-34-28-42(61(4,5)6)36-54(55)64-53-33-30-48(65(44-21-15-12-16-22-44)45-23-17-13-18-24-45)40-56(53)66(46-25-19-14-20-26-46)57-37-43(62(7,8)9)38-58(67)59(57)64/h12-40H,1-11H3. The monoisotopic (exact) mass is 872 g/mol. The highest BCUT2D eigenvalue weighted by atomic mass is 15.2. The molecule has 2 aliphatic heterocycles. The molecule has 0 N–H and O–H groups in total. The van der Waals surface area contributed by atoms with E-state index in [1.54, 1.807) is 0 Å². The van der Waals surface area contributed by atoms with Crippen molar-refractivity contribution in [3.05, 3.63) is 204 Å². The van der Waals surface area contributed by atoms with Crippen LogP contribution in [0, 0.1) is 0 Å². The Morgan fingerprint density at radius 1 is 0.388 bits per heavy atom. The zero-order valence-corrected chi connectivity index (χ0v) is 41.2. The fourth-order valence-corrected chi connectivity index (χ4v) is 11.1. The van der Waals surface area contributed by atoms with E-state index in [4.69, 9.17) is 0 Å². The van der Waals surface area contributed by atoms with E-state index in [-0.39, 0.29) is 28.4 Å². The average molecular weight is 872 g/mol. The smallest absolute Gasteiger partial charge is 0.252 e. The van der Waals surface area contributed by atoms with Gasteiger partial charge in [0, 0.05) is 56.6 Å². The molecule has 0 fully saturated rings. The molecule has 8 aromatic rings. The lowest BCUT2D eigenvalue weighted by atomic mass is 9.33. The van der Waals surface area contributed by atoms with E-state index in [0.29, 0.717) is 0 Å². The van der Waals surface area contributed by atoms with Crippen molar-refractivity contribution < 1.29 is 0 Å². The van der Waals surface area contributed by atoms with Crippen LogP contribution < -0.4 is 31.1 Å². The van der Waals surface area contributed by atoms with Gasteiger partial charge in [-0.2, -0.15) is 0 Å². The highest BCUT2D eigenvalue weighted by Crippen LogP contribution is 2.53. The molecule has 0 radical (unpaired) electrons. The summed E-state index contributed by atoms with van der Waals surface area (Å²) in [5, 5.41) is 0. The van der Waals surface area contributed by atoms with E-state index in [1.165, 1.54) is 83.8 Å². The molecule has 332 valence electrons. The third-order valence-electron chi connectivity index (χ3n) is 14.9. The number of fused-ring (bicyclic) bond motifs is 7. The van der Waals surface area contributed by atoms with Gasteiger partial charge in [0.15, 0.2) is 0 Å². The topological polar surface area (TPSA) is 9.72 Å². The molecule has 3 aliphatic rings. The predicted molar refractivity (Wildman–Crippen MR) is 289 cm³/mol. The molecule has 0 aromatic heterocycles. The molecular formula is C63H62BN3. The lowest BCUT2D eigenvalue weighted by Crippen LogP contribution is -2.61. The molecule has 3 nitrogen and oxygen atoms in total. The minimum absolute atomic E-state index is 0.00979. The van der Waals surface area contributed by atoms with E-state index >= 15 is 0 Å². The number of para-hydroxylation sites is 3. The first-order valence-corrected chi connectivity index (χ1v) is 24.2. The van der Waals surface area contributed by atoms with Crippen molar-refractivity contribution in [1.29, 1.82) is 0 Å². The van der Waals surface area contributed by atoms with Gasteiger partial charge >= 0.3 is 0 Å². The van der Waals surface area contributed by atoms with E-state index in [1.807, 2.05) is 0 Å². The number of benzene rings is 8. The molecule has 67 heavy (non-hydrogen) atoms. The van der Waals surface area contributed by atoms with Crippen molar-refractivity contribution >= 4 is 74.3 Å². The van der Waals surface area contributed by atoms with Gasteiger partial charge in [0.25, 0.3) is 6.71 Å². The fraction of sp³-hybridized carbons (Fsp3) is 0.238. The third-order valence-corrected chi connectivity index (χ3v) is 14.9. The van der Waals surface area contributed by atoms with Crippen molar-refractivity contribution in [1.82, 2.24) is 0 Å². The Labute approximate surface area is 399 Å². The quantitative estimate of drug-likeness (QED) is 0.160. The fourth-order valence-electron chi connectivity index (χ4n) is 11.1. The van der Waals surface area contributed by atoms with Crippen LogP contribution in [0.25, 0.3) is 11.1 Å². The lowest BCUT2D eigenvalue weighted by Gasteiger charge is -2.45. The Balaban J connectivity index is 1.19. The summed E-state index contributed by atoms with van der Waals surface area (Å²) in [5.41, 5.74) is 23.9. The van der Waals surface area contributed by atoms with Crippen LogP contribution in [0.4, 0.5) is 51.2 Å². The van der Waals surface area contributed by atoms with Gasteiger partial charge < -0.3 is 14.7 Å². The molecule has 1 aliphatic carbocycles. The number of nitrogens with zero attached hydrogens (tertiary/aromatic N) is 3. The molecule has 0 atom stereocenters. The summed E-state index contributed by atoms with van der Waals surface area (Å²) < 4.78 is 0. The van der Waals surface area contributed by atoms with Gasteiger partial charge in [-0.3, -0.25) is 0 Å². The molecular weight excluding hydrogens is 810 g/mol. The largest absolute Gasteiger partial charge is 0.311 e. The van der Waals surface area contributed by atoms with Gasteiger partial charge in [0.05, 0.1) is 0 Å². The number of hydrogen-bond acceptors (Lipinski definition) is 3. The van der Waals surface area contributed by atoms with Crippen LogP contribution in [0.3, 0.4) is 0 Å². The van der Waals surface area contributed by atoms with Gasteiger partial charge in [-0.25, -0.2) is 0 Å². The maximum atomic E-state index is 2.61. The third kappa shape index (κ3) is 6.94. The van der Waals surface area contributed by atoms with Crippen molar-refractivity contribution in [2.75, 3.05) is 14.7 Å². The van der Waals surface area contributed by atoms with Crippen LogP contribution in [-0.4, -0.2) is 6.71 Å². The average Bonchev–Trinajstić information content (AvgIpc) is 3.53. The Hall–Kier alpha value is -6.78. The maximum Gasteiger partial charge on any atom is 0.252 e. The second-order valence-electron chi connectivity index (χ2n) is 22.8. The molecule has 0 saturated carbocycles. The molecule has 0 amide bonds. The van der Waals surface area contributed by atoms with Crippen molar-refractivity contribution in [3.8, 4) is 11.1 Å². The highest BCUT2D eigenvalue weighted by molar-refractivity contribution is 7.00. The van der Waals surface area contributed by atoms with Gasteiger partial charge in [-0.05, 0) is 150 Å². The second kappa shape index (κ2) is 15.1. The Morgan fingerprint density at radius 2 is 0.896 bits per heavy atom. The maximum absolute atomic E-state index is 2.61. The van der Waals surface area contributed by atoms with Crippen LogP contribution in [0.5, 0.6) is 0 Å². The number of rotatable bonds is 5. The zero-order valence-electron chi connectivity index (χ0n) is 41.2.